The molecule has 0 saturated carbocycles. The number of hydrogen-bond acceptors (Lipinski definition) is 18. The minimum atomic E-state index is -1.68. The van der Waals surface area contributed by atoms with Gasteiger partial charge in [0.2, 0.25) is 41.4 Å². The number of aliphatic hydroxyl groups is 2. The molecule has 0 bridgehead atoms. The van der Waals surface area contributed by atoms with Gasteiger partial charge in [-0.1, -0.05) is 147 Å². The third-order valence-electron chi connectivity index (χ3n) is 20.8. The number of H-pyrrole nitrogens is 1. The Morgan fingerprint density at radius 1 is 0.598 bits per heavy atom. The lowest BCUT2D eigenvalue weighted by Gasteiger charge is -2.39. The SMILES string of the molecule is CC(=O)C(CC(=O)C(C(C)C)N(C)C)C(C)C.CNC1C(=O)N(C)C(C(C)O)C(=O)NC(C(C)C)C(=O)N(C)C(CC(C)C)C(=O)NC(C(C)C)C(=O)N(C)C(C(C)C)C(=O)N(C)C(Cc2c[nH]c3cccc(OC)c23)C(=O)CC(C(C)C)C(=O)NC(C(O)c2ccccc2)C(=O)CC(C(C)C)C(=O)OC1C. The van der Waals surface area contributed by atoms with Gasteiger partial charge < -0.3 is 65.5 Å². The average molecular weight is 1500 g/mol. The second-order valence-corrected chi connectivity index (χ2v) is 32.3. The smallest absolute Gasteiger partial charge is 0.309 e. The number of aliphatic hydroxyl groups excluding tert-OH is 2. The molecular formula is C81H130N10O16. The van der Waals surface area contributed by atoms with Crippen LogP contribution in [-0.2, 0) is 68.7 Å². The van der Waals surface area contributed by atoms with Gasteiger partial charge in [-0.2, -0.15) is 0 Å². The topological polar surface area (TPSA) is 344 Å². The molecule has 0 aliphatic carbocycles. The summed E-state index contributed by atoms with van der Waals surface area (Å²) in [6.45, 7) is 33.2. The Morgan fingerprint density at radius 2 is 1.11 bits per heavy atom. The number of aromatic amines is 1. The van der Waals surface area contributed by atoms with Gasteiger partial charge in [-0.15, -0.1) is 0 Å². The number of amides is 7. The largest absolute Gasteiger partial charge is 0.496 e. The van der Waals surface area contributed by atoms with Crippen LogP contribution in [0.2, 0.25) is 0 Å². The lowest BCUT2D eigenvalue weighted by Crippen LogP contribution is -2.63. The lowest BCUT2D eigenvalue weighted by molar-refractivity contribution is -0.161. The number of ether oxygens (including phenoxy) is 2. The molecule has 1 aliphatic rings. The maximum absolute atomic E-state index is 15.5. The highest BCUT2D eigenvalue weighted by Gasteiger charge is 2.46. The van der Waals surface area contributed by atoms with Crippen molar-refractivity contribution < 1.29 is 77.2 Å². The fourth-order valence-electron chi connectivity index (χ4n) is 14.4. The first-order valence-electron chi connectivity index (χ1n) is 37.9. The van der Waals surface area contributed by atoms with Crippen LogP contribution in [0.5, 0.6) is 5.75 Å². The minimum absolute atomic E-state index is 0.0874. The van der Waals surface area contributed by atoms with Gasteiger partial charge in [0.15, 0.2) is 17.3 Å². The predicted molar refractivity (Wildman–Crippen MR) is 413 cm³/mol. The summed E-state index contributed by atoms with van der Waals surface area (Å²) in [5.41, 5.74) is 1.54. The van der Waals surface area contributed by atoms with Crippen molar-refractivity contribution >= 4 is 81.4 Å². The number of carbonyl (C=O) groups excluding carboxylic acids is 12. The van der Waals surface area contributed by atoms with Crippen LogP contribution < -0.4 is 26.0 Å². The van der Waals surface area contributed by atoms with Gasteiger partial charge >= 0.3 is 5.97 Å². The van der Waals surface area contributed by atoms with Crippen LogP contribution in [0.4, 0.5) is 0 Å². The number of nitrogens with zero attached hydrogens (tertiary/aromatic N) is 5. The van der Waals surface area contributed by atoms with Gasteiger partial charge in [0.25, 0.3) is 0 Å². The molecule has 0 spiro atoms. The molecule has 1 fully saturated rings. The molecule has 7 amide bonds. The number of nitrogens with one attached hydrogen (secondary N) is 5. The summed E-state index contributed by atoms with van der Waals surface area (Å²) >= 11 is 0. The summed E-state index contributed by atoms with van der Waals surface area (Å²) in [5.74, 6) is -11.7. The number of rotatable bonds is 21. The quantitative estimate of drug-likeness (QED) is 0.0528. The molecule has 4 rings (SSSR count). The molecule has 2 aromatic carbocycles. The summed E-state index contributed by atoms with van der Waals surface area (Å²) < 4.78 is 11.7. The van der Waals surface area contributed by atoms with Gasteiger partial charge in [-0.05, 0) is 119 Å². The van der Waals surface area contributed by atoms with Gasteiger partial charge in [0.1, 0.15) is 66.0 Å². The molecule has 15 atom stereocenters. The number of aromatic nitrogens is 1. The van der Waals surface area contributed by atoms with Crippen molar-refractivity contribution in [3.8, 4) is 5.75 Å². The zero-order valence-corrected chi connectivity index (χ0v) is 68.9. The molecule has 1 saturated heterocycles. The molecule has 7 N–H and O–H groups in total. The number of Topliss-reactive ketones (excluding diaryl/α,β-unsaturated/α-hetero) is 4. The molecular weight excluding hydrogens is 1370 g/mol. The van der Waals surface area contributed by atoms with E-state index >= 15 is 19.2 Å². The van der Waals surface area contributed by atoms with Crippen molar-refractivity contribution in [2.45, 2.75) is 236 Å². The van der Waals surface area contributed by atoms with Crippen molar-refractivity contribution in [2.75, 3.05) is 56.4 Å². The minimum Gasteiger partial charge on any atom is -0.496 e. The number of cyclic esters (lactones) is 1. The molecule has 2 heterocycles. The summed E-state index contributed by atoms with van der Waals surface area (Å²) in [7, 11) is 12.4. The summed E-state index contributed by atoms with van der Waals surface area (Å²) in [5, 5.41) is 35.2. The monoisotopic (exact) mass is 1500 g/mol. The summed E-state index contributed by atoms with van der Waals surface area (Å²) in [6.07, 6.45) is -3.38. The molecule has 107 heavy (non-hydrogen) atoms. The van der Waals surface area contributed by atoms with Crippen LogP contribution in [-0.4, -0.2) is 233 Å². The second-order valence-electron chi connectivity index (χ2n) is 32.3. The normalized spacial score (nSPS) is 24.6. The van der Waals surface area contributed by atoms with E-state index < -0.39 is 180 Å². The second kappa shape index (κ2) is 42.1. The van der Waals surface area contributed by atoms with Crippen molar-refractivity contribution in [1.82, 2.24) is 50.8 Å². The Balaban J connectivity index is 0.00000154. The first-order chi connectivity index (χ1) is 49.7. The number of ketones is 4. The van der Waals surface area contributed by atoms with Crippen molar-refractivity contribution in [3.63, 3.8) is 0 Å². The van der Waals surface area contributed by atoms with Crippen LogP contribution in [0.25, 0.3) is 10.9 Å². The molecule has 600 valence electrons. The van der Waals surface area contributed by atoms with E-state index in [2.05, 4.69) is 26.3 Å². The standard InChI is InChI=1S/C67H103N9O14.C14H27NO2/c1-34(2)29-48-61(82)70-54(38(9)10)64(85)75(18)57(39(11)12)66(87)73(16)47(30-43-33-69-46-27-24-28-51(89-20)52(43)46)49(78)31-44(35(3)4)60(81)72-56(59(80)42-25-22-21-23-26-42)50(79)32-45(36(5)6)67(88)90-41(14)55(68-15)65(86)76(19)58(40(13)77)62(83)71-53(37(7)8)63(84)74(48)17;1-9(2)12(11(5)16)8-13(17)14(10(3)4)15(6)7/h21-28,33-41,44-45,47-48,53-59,68-69,77,80H,29-32H2,1-20H3,(H,70,82)(H,71,83)(H,72,81);9-10,12,14H,8H2,1-7H3. The molecule has 26 heteroatoms. The first kappa shape index (κ1) is 93.3. The number of benzene rings is 2. The molecule has 1 aliphatic heterocycles. The van der Waals surface area contributed by atoms with Crippen molar-refractivity contribution in [2.24, 2.45) is 65.1 Å². The Morgan fingerprint density at radius 3 is 1.58 bits per heavy atom. The first-order valence-corrected chi connectivity index (χ1v) is 37.9. The zero-order chi connectivity index (χ0) is 81.8. The maximum Gasteiger partial charge on any atom is 0.309 e. The predicted octanol–water partition coefficient (Wildman–Crippen LogP) is 7.00. The number of likely N-dealkylation sites (N-methyl/N-ethyl adjacent to an activating group) is 6. The molecule has 0 radical (unpaired) electrons. The molecule has 1 aromatic heterocycles. The van der Waals surface area contributed by atoms with E-state index in [4.69, 9.17) is 9.47 Å². The van der Waals surface area contributed by atoms with E-state index in [0.29, 0.717) is 28.6 Å². The third-order valence-corrected chi connectivity index (χ3v) is 20.8. The highest BCUT2D eigenvalue weighted by atomic mass is 16.5. The zero-order valence-electron chi connectivity index (χ0n) is 68.9. The van der Waals surface area contributed by atoms with Crippen molar-refractivity contribution in [1.29, 1.82) is 0 Å². The van der Waals surface area contributed by atoms with Gasteiger partial charge in [0, 0.05) is 82.8 Å². The van der Waals surface area contributed by atoms with E-state index in [-0.39, 0.29) is 59.7 Å². The van der Waals surface area contributed by atoms with E-state index in [9.17, 15) is 48.6 Å². The fourth-order valence-corrected chi connectivity index (χ4v) is 14.4. The average Bonchev–Trinajstić information content (AvgIpc) is 1.70. The van der Waals surface area contributed by atoms with Gasteiger partial charge in [-0.25, -0.2) is 0 Å². The lowest BCUT2D eigenvalue weighted by atomic mass is 9.84. The van der Waals surface area contributed by atoms with Crippen molar-refractivity contribution in [3.05, 3.63) is 65.9 Å². The Bertz CT molecular complexity index is 3490. The Hall–Kier alpha value is -7.94. The van der Waals surface area contributed by atoms with E-state index in [1.807, 2.05) is 66.6 Å². The fraction of sp³-hybridized carbons (Fsp3) is 0.679. The van der Waals surface area contributed by atoms with Crippen LogP contribution >= 0.6 is 0 Å². The number of carbonyl (C=O) groups is 12. The molecule has 3 aromatic rings. The molecule has 15 unspecified atom stereocenters. The molecule has 26 nitrogen and oxygen atoms in total. The van der Waals surface area contributed by atoms with E-state index in [0.717, 1.165) is 4.90 Å². The highest BCUT2D eigenvalue weighted by molar-refractivity contribution is 6.00. The van der Waals surface area contributed by atoms with Crippen LogP contribution in [0.3, 0.4) is 0 Å². The third kappa shape index (κ3) is 24.8. The number of methoxy groups -OCH3 is 1. The number of fused-ring (bicyclic) bond motifs is 1. The number of hydrogen-bond donors (Lipinski definition) is 7. The van der Waals surface area contributed by atoms with E-state index in [1.54, 1.807) is 125 Å². The highest BCUT2D eigenvalue weighted by Crippen LogP contribution is 2.33. The van der Waals surface area contributed by atoms with Gasteiger partial charge in [-0.3, -0.25) is 62.4 Å². The Kier molecular flexibility index (Phi) is 36.7. The summed E-state index contributed by atoms with van der Waals surface area (Å²) in [6, 6.07) is 2.49. The number of esters is 1. The van der Waals surface area contributed by atoms with Gasteiger partial charge in [0.05, 0.1) is 31.2 Å². The maximum atomic E-state index is 15.5. The van der Waals surface area contributed by atoms with Crippen LogP contribution in [0.1, 0.15) is 174 Å². The Labute approximate surface area is 636 Å². The van der Waals surface area contributed by atoms with E-state index in [1.165, 1.54) is 70.9 Å². The van der Waals surface area contributed by atoms with Crippen LogP contribution in [0.15, 0.2) is 54.7 Å². The summed E-state index contributed by atoms with van der Waals surface area (Å²) in [4.78, 5) is 183. The van der Waals surface area contributed by atoms with Crippen LogP contribution in [0, 0.1) is 65.1 Å².